The van der Waals surface area contributed by atoms with Crippen LogP contribution in [-0.2, 0) is 12.8 Å². The average Bonchev–Trinajstić information content (AvgIpc) is 2.73. The molecule has 0 amide bonds. The first-order valence-corrected chi connectivity index (χ1v) is 5.27. The van der Waals surface area contributed by atoms with Gasteiger partial charge in [0.05, 0.1) is 11.2 Å². The van der Waals surface area contributed by atoms with Crippen LogP contribution in [0.4, 0.5) is 5.69 Å². The summed E-state index contributed by atoms with van der Waals surface area (Å²) in [4.78, 5) is 4.67. The zero-order chi connectivity index (χ0) is 10.3. The first-order chi connectivity index (χ1) is 7.40. The fraction of sp³-hybridized carbons (Fsp3) is 0.250. The molecular formula is C12H13N3. The number of hydrogen-bond donors (Lipinski definition) is 2. The van der Waals surface area contributed by atoms with E-state index < -0.39 is 0 Å². The number of pyridine rings is 1. The lowest BCUT2D eigenvalue weighted by Gasteiger charge is -2.10. The van der Waals surface area contributed by atoms with Crippen molar-refractivity contribution in [1.29, 1.82) is 0 Å². The van der Waals surface area contributed by atoms with Gasteiger partial charge >= 0.3 is 0 Å². The number of anilines is 1. The minimum atomic E-state index is 1.03. The number of benzene rings is 1. The predicted molar refractivity (Wildman–Crippen MR) is 61.6 cm³/mol. The predicted octanol–water partition coefficient (Wildman–Crippen LogP) is 2.01. The molecule has 1 aliphatic rings. The van der Waals surface area contributed by atoms with Gasteiger partial charge in [0, 0.05) is 11.1 Å². The Morgan fingerprint density at radius 1 is 1.20 bits per heavy atom. The molecule has 1 aliphatic carbocycles. The fourth-order valence-corrected chi connectivity index (χ4v) is 2.38. The molecule has 76 valence electrons. The van der Waals surface area contributed by atoms with E-state index in [0.29, 0.717) is 0 Å². The summed E-state index contributed by atoms with van der Waals surface area (Å²) in [5.74, 6) is 5.61. The van der Waals surface area contributed by atoms with Crippen LogP contribution in [0.15, 0.2) is 24.3 Å². The third kappa shape index (κ3) is 1.20. The lowest BCUT2D eigenvalue weighted by Crippen LogP contribution is -2.10. The first kappa shape index (κ1) is 8.68. The number of nitrogens with one attached hydrogen (secondary N) is 1. The van der Waals surface area contributed by atoms with Crippen molar-refractivity contribution in [3.05, 3.63) is 35.5 Å². The number of nitrogens with zero attached hydrogens (tertiary/aromatic N) is 1. The molecule has 1 heterocycles. The molecule has 3 nitrogen and oxygen atoms in total. The second-order valence-electron chi connectivity index (χ2n) is 3.93. The van der Waals surface area contributed by atoms with Crippen molar-refractivity contribution in [2.75, 3.05) is 5.43 Å². The molecule has 0 atom stereocenters. The second-order valence-corrected chi connectivity index (χ2v) is 3.93. The largest absolute Gasteiger partial charge is 0.323 e. The monoisotopic (exact) mass is 199 g/mol. The molecule has 0 saturated carbocycles. The van der Waals surface area contributed by atoms with Gasteiger partial charge in [-0.05, 0) is 30.9 Å². The van der Waals surface area contributed by atoms with E-state index in [1.54, 1.807) is 0 Å². The maximum atomic E-state index is 5.61. The van der Waals surface area contributed by atoms with Gasteiger partial charge in [-0.15, -0.1) is 0 Å². The average molecular weight is 199 g/mol. The van der Waals surface area contributed by atoms with Crippen molar-refractivity contribution < 1.29 is 0 Å². The standard InChI is InChI=1S/C12H13N3/c13-15-12-8-4-1-2-6-10(8)14-11-7-3-5-9(11)12/h1-2,4,6H,3,5,7,13H2,(H,14,15). The van der Waals surface area contributed by atoms with Gasteiger partial charge in [-0.3, -0.25) is 10.8 Å². The molecular weight excluding hydrogens is 186 g/mol. The number of rotatable bonds is 1. The van der Waals surface area contributed by atoms with E-state index in [1.807, 2.05) is 18.2 Å². The van der Waals surface area contributed by atoms with E-state index in [1.165, 1.54) is 17.7 Å². The van der Waals surface area contributed by atoms with E-state index >= 15 is 0 Å². The zero-order valence-electron chi connectivity index (χ0n) is 8.46. The van der Waals surface area contributed by atoms with Gasteiger partial charge in [-0.1, -0.05) is 18.2 Å². The molecule has 0 fully saturated rings. The topological polar surface area (TPSA) is 50.9 Å². The Bertz CT molecular complexity index is 520. The number of nitrogen functional groups attached to an aromatic ring is 1. The van der Waals surface area contributed by atoms with Crippen LogP contribution >= 0.6 is 0 Å². The number of hydrogen-bond acceptors (Lipinski definition) is 3. The lowest BCUT2D eigenvalue weighted by atomic mass is 10.1. The maximum Gasteiger partial charge on any atom is 0.0726 e. The van der Waals surface area contributed by atoms with Crippen LogP contribution in [0.25, 0.3) is 10.9 Å². The smallest absolute Gasteiger partial charge is 0.0726 e. The van der Waals surface area contributed by atoms with Crippen LogP contribution < -0.4 is 11.3 Å². The summed E-state index contributed by atoms with van der Waals surface area (Å²) in [6.45, 7) is 0. The minimum absolute atomic E-state index is 1.03. The van der Waals surface area contributed by atoms with Crippen molar-refractivity contribution in [2.45, 2.75) is 19.3 Å². The molecule has 1 aromatic heterocycles. The Morgan fingerprint density at radius 3 is 2.93 bits per heavy atom. The molecule has 1 aromatic carbocycles. The van der Waals surface area contributed by atoms with Gasteiger partial charge in [-0.25, -0.2) is 0 Å². The first-order valence-electron chi connectivity index (χ1n) is 5.27. The number of aromatic nitrogens is 1. The van der Waals surface area contributed by atoms with Gasteiger partial charge in [-0.2, -0.15) is 0 Å². The third-order valence-corrected chi connectivity index (χ3v) is 3.06. The Kier molecular flexibility index (Phi) is 1.86. The van der Waals surface area contributed by atoms with Crippen molar-refractivity contribution >= 4 is 16.6 Å². The van der Waals surface area contributed by atoms with Crippen LogP contribution in [0.2, 0.25) is 0 Å². The van der Waals surface area contributed by atoms with Crippen molar-refractivity contribution in [2.24, 2.45) is 5.84 Å². The van der Waals surface area contributed by atoms with Crippen LogP contribution in [0, 0.1) is 0 Å². The number of fused-ring (bicyclic) bond motifs is 2. The Morgan fingerprint density at radius 2 is 2.07 bits per heavy atom. The van der Waals surface area contributed by atoms with Gasteiger partial charge in [0.2, 0.25) is 0 Å². The third-order valence-electron chi connectivity index (χ3n) is 3.06. The van der Waals surface area contributed by atoms with Crippen molar-refractivity contribution in [1.82, 2.24) is 4.98 Å². The normalized spacial score (nSPS) is 14.2. The summed E-state index contributed by atoms with van der Waals surface area (Å²) in [7, 11) is 0. The van der Waals surface area contributed by atoms with E-state index in [9.17, 15) is 0 Å². The molecule has 0 bridgehead atoms. The zero-order valence-corrected chi connectivity index (χ0v) is 8.46. The van der Waals surface area contributed by atoms with Crippen molar-refractivity contribution in [3.8, 4) is 0 Å². The highest BCUT2D eigenvalue weighted by Gasteiger charge is 2.18. The van der Waals surface area contributed by atoms with E-state index in [2.05, 4.69) is 16.5 Å². The molecule has 15 heavy (non-hydrogen) atoms. The molecule has 2 aromatic rings. The van der Waals surface area contributed by atoms with Gasteiger partial charge in [0.25, 0.3) is 0 Å². The second kappa shape index (κ2) is 3.21. The summed E-state index contributed by atoms with van der Waals surface area (Å²) in [6, 6.07) is 8.13. The van der Waals surface area contributed by atoms with E-state index in [-0.39, 0.29) is 0 Å². The van der Waals surface area contributed by atoms with E-state index in [4.69, 9.17) is 5.84 Å². The lowest BCUT2D eigenvalue weighted by molar-refractivity contribution is 0.901. The molecule has 0 spiro atoms. The summed E-state index contributed by atoms with van der Waals surface area (Å²) in [6.07, 6.45) is 3.36. The Balaban J connectivity index is 2.41. The van der Waals surface area contributed by atoms with Crippen LogP contribution in [0.1, 0.15) is 17.7 Å². The Hall–Kier alpha value is -1.61. The SMILES string of the molecule is NNc1c2c(nc3ccccc13)CCC2. The molecule has 0 saturated heterocycles. The Labute approximate surface area is 88.3 Å². The summed E-state index contributed by atoms with van der Waals surface area (Å²) in [5, 5.41) is 1.13. The molecule has 0 radical (unpaired) electrons. The number of nitrogens with two attached hydrogens (primary N) is 1. The van der Waals surface area contributed by atoms with E-state index in [0.717, 1.165) is 29.4 Å². The number of hydrazine groups is 1. The minimum Gasteiger partial charge on any atom is -0.323 e. The van der Waals surface area contributed by atoms with Gasteiger partial charge < -0.3 is 5.43 Å². The number of para-hydroxylation sites is 1. The van der Waals surface area contributed by atoms with Crippen LogP contribution in [0.3, 0.4) is 0 Å². The fourth-order valence-electron chi connectivity index (χ4n) is 2.38. The highest BCUT2D eigenvalue weighted by atomic mass is 15.2. The van der Waals surface area contributed by atoms with Crippen LogP contribution in [0.5, 0.6) is 0 Å². The quantitative estimate of drug-likeness (QED) is 0.545. The van der Waals surface area contributed by atoms with Crippen LogP contribution in [-0.4, -0.2) is 4.98 Å². The highest BCUT2D eigenvalue weighted by molar-refractivity contribution is 5.93. The maximum absolute atomic E-state index is 5.61. The van der Waals surface area contributed by atoms with Gasteiger partial charge in [0.15, 0.2) is 0 Å². The summed E-state index contributed by atoms with van der Waals surface area (Å²) < 4.78 is 0. The van der Waals surface area contributed by atoms with Crippen molar-refractivity contribution in [3.63, 3.8) is 0 Å². The molecule has 0 unspecified atom stereocenters. The molecule has 3 rings (SSSR count). The number of aryl methyl sites for hydroxylation is 1. The summed E-state index contributed by atoms with van der Waals surface area (Å²) >= 11 is 0. The molecule has 0 aliphatic heterocycles. The molecule has 3 heteroatoms. The summed E-state index contributed by atoms with van der Waals surface area (Å²) in [5.41, 5.74) is 7.44. The molecule has 3 N–H and O–H groups in total. The highest BCUT2D eigenvalue weighted by Crippen LogP contribution is 2.32. The van der Waals surface area contributed by atoms with Gasteiger partial charge in [0.1, 0.15) is 0 Å².